The molecule has 0 spiro atoms. The van der Waals surface area contributed by atoms with Crippen LogP contribution in [0.15, 0.2) is 24.3 Å². The first-order valence-corrected chi connectivity index (χ1v) is 5.82. The third-order valence-electron chi connectivity index (χ3n) is 3.24. The predicted octanol–water partition coefficient (Wildman–Crippen LogP) is 1.80. The first-order chi connectivity index (χ1) is 8.50. The Morgan fingerprint density at radius 2 is 2.11 bits per heavy atom. The molecule has 0 heterocycles. The van der Waals surface area contributed by atoms with Gasteiger partial charge in [0.15, 0.2) is 0 Å². The number of hydrogen-bond acceptors (Lipinski definition) is 4. The van der Waals surface area contributed by atoms with Crippen LogP contribution in [0.4, 0.5) is 11.4 Å². The van der Waals surface area contributed by atoms with E-state index < -0.39 is 10.5 Å². The summed E-state index contributed by atoms with van der Waals surface area (Å²) in [7, 11) is 0. The number of carbonyl (C=O) groups is 1. The lowest BCUT2D eigenvalue weighted by Crippen LogP contribution is -2.48. The number of nitrogens with two attached hydrogens (primary N) is 1. The highest BCUT2D eigenvalue weighted by atomic mass is 16.6. The summed E-state index contributed by atoms with van der Waals surface area (Å²) in [5.41, 5.74) is 5.65. The summed E-state index contributed by atoms with van der Waals surface area (Å²) < 4.78 is 0. The number of para-hydroxylation sites is 2. The second kappa shape index (κ2) is 4.73. The van der Waals surface area contributed by atoms with Crippen molar-refractivity contribution in [1.29, 1.82) is 0 Å². The van der Waals surface area contributed by atoms with Gasteiger partial charge in [0.1, 0.15) is 5.69 Å². The summed E-state index contributed by atoms with van der Waals surface area (Å²) in [6.07, 6.45) is 2.91. The van der Waals surface area contributed by atoms with Crippen LogP contribution >= 0.6 is 0 Å². The van der Waals surface area contributed by atoms with E-state index in [1.165, 1.54) is 12.1 Å². The van der Waals surface area contributed by atoms with E-state index in [0.717, 1.165) is 19.3 Å². The van der Waals surface area contributed by atoms with Crippen LogP contribution in [-0.2, 0) is 4.79 Å². The van der Waals surface area contributed by atoms with Crippen molar-refractivity contribution in [2.24, 2.45) is 5.73 Å². The van der Waals surface area contributed by atoms with Crippen LogP contribution in [0.3, 0.4) is 0 Å². The number of amides is 1. The summed E-state index contributed by atoms with van der Waals surface area (Å²) in [4.78, 5) is 22.1. The molecular formula is C12H15N3O3. The van der Waals surface area contributed by atoms with Crippen molar-refractivity contribution in [2.45, 2.75) is 31.2 Å². The number of benzene rings is 1. The van der Waals surface area contributed by atoms with E-state index in [1.54, 1.807) is 12.1 Å². The largest absolute Gasteiger partial charge is 0.325 e. The molecule has 3 N–H and O–H groups in total. The highest BCUT2D eigenvalue weighted by molar-refractivity contribution is 5.93. The molecule has 6 heteroatoms. The lowest BCUT2D eigenvalue weighted by molar-refractivity contribution is -0.383. The fourth-order valence-corrected chi connectivity index (χ4v) is 2.06. The number of carbonyl (C=O) groups excluding carboxylic acids is 1. The van der Waals surface area contributed by atoms with Crippen LogP contribution in [0.2, 0.25) is 0 Å². The molecule has 18 heavy (non-hydrogen) atoms. The van der Waals surface area contributed by atoms with Gasteiger partial charge in [-0.15, -0.1) is 0 Å². The van der Waals surface area contributed by atoms with Gasteiger partial charge in [-0.25, -0.2) is 0 Å². The molecule has 2 rings (SSSR count). The molecule has 1 aliphatic carbocycles. The predicted molar refractivity (Wildman–Crippen MR) is 67.1 cm³/mol. The van der Waals surface area contributed by atoms with Crippen LogP contribution in [0.5, 0.6) is 0 Å². The number of hydrogen-bond donors (Lipinski definition) is 2. The Kier molecular flexibility index (Phi) is 3.29. The van der Waals surface area contributed by atoms with Crippen molar-refractivity contribution in [3.63, 3.8) is 0 Å². The van der Waals surface area contributed by atoms with Crippen molar-refractivity contribution in [3.8, 4) is 0 Å². The van der Waals surface area contributed by atoms with E-state index in [-0.39, 0.29) is 23.7 Å². The maximum absolute atomic E-state index is 11.8. The van der Waals surface area contributed by atoms with Gasteiger partial charge in [0.2, 0.25) is 5.91 Å². The molecule has 1 aromatic rings. The van der Waals surface area contributed by atoms with Crippen LogP contribution in [0.25, 0.3) is 0 Å². The Hall–Kier alpha value is -1.95. The average molecular weight is 249 g/mol. The van der Waals surface area contributed by atoms with Gasteiger partial charge in [0.25, 0.3) is 5.69 Å². The number of nitrogens with zero attached hydrogens (tertiary/aromatic N) is 1. The fourth-order valence-electron chi connectivity index (χ4n) is 2.06. The molecule has 1 saturated carbocycles. The molecule has 0 atom stereocenters. The van der Waals surface area contributed by atoms with E-state index >= 15 is 0 Å². The zero-order valence-corrected chi connectivity index (χ0v) is 9.89. The number of nitro benzene ring substituents is 1. The number of nitro groups is 1. The van der Waals surface area contributed by atoms with Crippen LogP contribution < -0.4 is 11.1 Å². The lowest BCUT2D eigenvalue weighted by atomic mass is 9.75. The summed E-state index contributed by atoms with van der Waals surface area (Å²) in [6.45, 7) is 0. The molecule has 1 aliphatic rings. The van der Waals surface area contributed by atoms with E-state index in [1.807, 2.05) is 0 Å². The maximum atomic E-state index is 11.8. The number of rotatable bonds is 4. The summed E-state index contributed by atoms with van der Waals surface area (Å²) in [6, 6.07) is 6.07. The first-order valence-electron chi connectivity index (χ1n) is 5.82. The minimum atomic E-state index is -0.517. The molecule has 0 unspecified atom stereocenters. The van der Waals surface area contributed by atoms with Gasteiger partial charge in [-0.3, -0.25) is 14.9 Å². The molecule has 1 fully saturated rings. The van der Waals surface area contributed by atoms with E-state index in [0.29, 0.717) is 0 Å². The number of nitrogens with one attached hydrogen (secondary N) is 1. The topological polar surface area (TPSA) is 98.3 Å². The van der Waals surface area contributed by atoms with E-state index in [2.05, 4.69) is 5.32 Å². The lowest BCUT2D eigenvalue weighted by Gasteiger charge is -2.37. The zero-order chi connectivity index (χ0) is 13.2. The Morgan fingerprint density at radius 1 is 1.44 bits per heavy atom. The second-order valence-corrected chi connectivity index (χ2v) is 4.72. The third kappa shape index (κ3) is 2.65. The second-order valence-electron chi connectivity index (χ2n) is 4.72. The molecule has 0 aromatic heterocycles. The highest BCUT2D eigenvalue weighted by Gasteiger charge is 2.34. The normalized spacial score (nSPS) is 16.7. The summed E-state index contributed by atoms with van der Waals surface area (Å²) in [5, 5.41) is 13.3. The van der Waals surface area contributed by atoms with Crippen molar-refractivity contribution in [2.75, 3.05) is 5.32 Å². The molecule has 6 nitrogen and oxygen atoms in total. The van der Waals surface area contributed by atoms with Crippen molar-refractivity contribution in [1.82, 2.24) is 0 Å². The van der Waals surface area contributed by atoms with Crippen LogP contribution in [0.1, 0.15) is 25.7 Å². The first kappa shape index (κ1) is 12.5. The monoisotopic (exact) mass is 249 g/mol. The molecular weight excluding hydrogens is 234 g/mol. The Balaban J connectivity index is 2.05. The van der Waals surface area contributed by atoms with Gasteiger partial charge >= 0.3 is 0 Å². The SMILES string of the molecule is NC1(CC(=O)Nc2ccccc2[N+](=O)[O-])CCC1. The van der Waals surface area contributed by atoms with Crippen molar-refractivity contribution in [3.05, 3.63) is 34.4 Å². The van der Waals surface area contributed by atoms with Gasteiger partial charge < -0.3 is 11.1 Å². The molecule has 1 amide bonds. The number of anilines is 1. The maximum Gasteiger partial charge on any atom is 0.292 e. The smallest absolute Gasteiger partial charge is 0.292 e. The summed E-state index contributed by atoms with van der Waals surface area (Å²) in [5.74, 6) is -0.272. The molecule has 0 bridgehead atoms. The van der Waals surface area contributed by atoms with Gasteiger partial charge in [0.05, 0.1) is 4.92 Å². The molecule has 1 aromatic carbocycles. The highest BCUT2D eigenvalue weighted by Crippen LogP contribution is 2.32. The van der Waals surface area contributed by atoms with Gasteiger partial charge in [-0.2, -0.15) is 0 Å². The minimum Gasteiger partial charge on any atom is -0.325 e. The Morgan fingerprint density at radius 3 is 2.67 bits per heavy atom. The van der Waals surface area contributed by atoms with Gasteiger partial charge in [-0.1, -0.05) is 12.1 Å². The van der Waals surface area contributed by atoms with E-state index in [9.17, 15) is 14.9 Å². The molecule has 0 saturated heterocycles. The third-order valence-corrected chi connectivity index (χ3v) is 3.24. The summed E-state index contributed by atoms with van der Waals surface area (Å²) >= 11 is 0. The van der Waals surface area contributed by atoms with Crippen molar-refractivity contribution >= 4 is 17.3 Å². The minimum absolute atomic E-state index is 0.106. The zero-order valence-electron chi connectivity index (χ0n) is 9.89. The van der Waals surface area contributed by atoms with Crippen LogP contribution in [-0.4, -0.2) is 16.4 Å². The van der Waals surface area contributed by atoms with E-state index in [4.69, 9.17) is 5.73 Å². The van der Waals surface area contributed by atoms with Crippen LogP contribution in [0, 0.1) is 10.1 Å². The molecule has 0 radical (unpaired) electrons. The molecule has 96 valence electrons. The fraction of sp³-hybridized carbons (Fsp3) is 0.417. The molecule has 0 aliphatic heterocycles. The van der Waals surface area contributed by atoms with Gasteiger partial charge in [0, 0.05) is 18.0 Å². The standard InChI is InChI=1S/C12H15N3O3/c13-12(6-3-7-12)8-11(16)14-9-4-1-2-5-10(9)15(17)18/h1-2,4-5H,3,6-8,13H2,(H,14,16). The average Bonchev–Trinajstić information content (AvgIpc) is 2.27. The quantitative estimate of drug-likeness (QED) is 0.628. The Bertz CT molecular complexity index is 483. The van der Waals surface area contributed by atoms with Gasteiger partial charge in [-0.05, 0) is 25.3 Å². The Labute approximate surface area is 104 Å². The van der Waals surface area contributed by atoms with Crippen molar-refractivity contribution < 1.29 is 9.72 Å².